The Bertz CT molecular complexity index is 673. The first-order valence-electron chi connectivity index (χ1n) is 7.36. The van der Waals surface area contributed by atoms with E-state index >= 15 is 0 Å². The lowest BCUT2D eigenvalue weighted by molar-refractivity contribution is -0.122. The highest BCUT2D eigenvalue weighted by atomic mass is 79.9. The maximum Gasteiger partial charge on any atom is 0.234 e. The Morgan fingerprint density at radius 3 is 2.82 bits per heavy atom. The van der Waals surface area contributed by atoms with E-state index < -0.39 is 0 Å². The fourth-order valence-electron chi connectivity index (χ4n) is 2.41. The number of likely N-dealkylation sites (N-methyl/N-ethyl adjacent to an activating group) is 1. The van der Waals surface area contributed by atoms with Gasteiger partial charge in [0, 0.05) is 23.1 Å². The number of benzene rings is 2. The number of phenolic OH excluding ortho intramolecular Hbond substituents is 1. The molecule has 0 saturated heterocycles. The molecule has 22 heavy (non-hydrogen) atoms. The summed E-state index contributed by atoms with van der Waals surface area (Å²) in [5, 5.41) is 15.1. The summed E-state index contributed by atoms with van der Waals surface area (Å²) in [6.07, 6.45) is 0.925. The fourth-order valence-corrected chi connectivity index (χ4v) is 2.79. The Morgan fingerprint density at radius 1 is 1.32 bits per heavy atom. The summed E-state index contributed by atoms with van der Waals surface area (Å²) in [5.74, 6) is 0.266. The lowest BCUT2D eigenvalue weighted by atomic mass is 10.0. The second kappa shape index (κ2) is 7.61. The van der Waals surface area contributed by atoms with Crippen molar-refractivity contribution < 1.29 is 9.90 Å². The van der Waals surface area contributed by atoms with E-state index in [-0.39, 0.29) is 11.7 Å². The molecule has 0 saturated carbocycles. The van der Waals surface area contributed by atoms with Crippen molar-refractivity contribution in [1.29, 1.82) is 0 Å². The minimum Gasteiger partial charge on any atom is -0.508 e. The molecule has 4 nitrogen and oxygen atoms in total. The highest BCUT2D eigenvalue weighted by molar-refractivity contribution is 9.10. The van der Waals surface area contributed by atoms with Gasteiger partial charge in [-0.25, -0.2) is 0 Å². The van der Waals surface area contributed by atoms with Crippen LogP contribution in [0.15, 0.2) is 34.8 Å². The third kappa shape index (κ3) is 4.21. The van der Waals surface area contributed by atoms with Crippen molar-refractivity contribution in [1.82, 2.24) is 10.2 Å². The van der Waals surface area contributed by atoms with Crippen LogP contribution in [-0.4, -0.2) is 36.1 Å². The monoisotopic (exact) mass is 364 g/mol. The van der Waals surface area contributed by atoms with Crippen LogP contribution in [-0.2, 0) is 11.3 Å². The number of carbonyl (C=O) groups excluding carboxylic acids is 1. The number of carbonyl (C=O) groups is 1. The van der Waals surface area contributed by atoms with E-state index in [1.54, 1.807) is 6.07 Å². The maximum absolute atomic E-state index is 11.8. The van der Waals surface area contributed by atoms with Crippen LogP contribution in [0.5, 0.6) is 5.75 Å². The maximum atomic E-state index is 11.8. The molecule has 0 heterocycles. The molecule has 0 spiro atoms. The van der Waals surface area contributed by atoms with Crippen LogP contribution in [0.25, 0.3) is 10.8 Å². The van der Waals surface area contributed by atoms with Gasteiger partial charge in [-0.05, 0) is 42.4 Å². The Balaban J connectivity index is 2.16. The molecule has 0 aromatic heterocycles. The number of hydrogen-bond donors (Lipinski definition) is 2. The predicted octanol–water partition coefficient (Wildman–Crippen LogP) is 3.27. The van der Waals surface area contributed by atoms with Crippen molar-refractivity contribution in [3.05, 3.63) is 40.4 Å². The minimum atomic E-state index is 0.00632. The van der Waals surface area contributed by atoms with Gasteiger partial charge in [0.1, 0.15) is 5.75 Å². The van der Waals surface area contributed by atoms with Crippen LogP contribution in [0.2, 0.25) is 0 Å². The molecule has 0 aliphatic rings. The second-order valence-electron chi connectivity index (χ2n) is 5.45. The number of nitrogens with one attached hydrogen (secondary N) is 1. The highest BCUT2D eigenvalue weighted by Crippen LogP contribution is 2.30. The largest absolute Gasteiger partial charge is 0.508 e. The molecule has 1 amide bonds. The van der Waals surface area contributed by atoms with Crippen molar-refractivity contribution in [2.24, 2.45) is 0 Å². The first-order chi connectivity index (χ1) is 10.5. The van der Waals surface area contributed by atoms with Gasteiger partial charge in [0.2, 0.25) is 5.91 Å². The van der Waals surface area contributed by atoms with Gasteiger partial charge in [-0.3, -0.25) is 9.69 Å². The Morgan fingerprint density at radius 2 is 2.09 bits per heavy atom. The van der Waals surface area contributed by atoms with E-state index in [1.165, 1.54) is 0 Å². The quantitative estimate of drug-likeness (QED) is 0.826. The molecule has 0 aliphatic heterocycles. The van der Waals surface area contributed by atoms with Gasteiger partial charge in [-0.15, -0.1) is 0 Å². The van der Waals surface area contributed by atoms with Crippen molar-refractivity contribution >= 4 is 32.6 Å². The summed E-state index contributed by atoms with van der Waals surface area (Å²) in [4.78, 5) is 13.7. The number of amides is 1. The van der Waals surface area contributed by atoms with Crippen LogP contribution in [0.4, 0.5) is 0 Å². The van der Waals surface area contributed by atoms with Crippen molar-refractivity contribution in [2.75, 3.05) is 20.1 Å². The van der Waals surface area contributed by atoms with Crippen molar-refractivity contribution in [2.45, 2.75) is 19.9 Å². The molecule has 0 radical (unpaired) electrons. The SMILES string of the molecule is CCCNC(=O)CN(C)Cc1c(O)ccc2cc(Br)ccc12. The van der Waals surface area contributed by atoms with Crippen LogP contribution < -0.4 is 5.32 Å². The van der Waals surface area contributed by atoms with E-state index in [0.29, 0.717) is 19.6 Å². The molecule has 0 atom stereocenters. The smallest absolute Gasteiger partial charge is 0.234 e. The topological polar surface area (TPSA) is 52.6 Å². The van der Waals surface area contributed by atoms with Gasteiger partial charge in [0.05, 0.1) is 6.54 Å². The van der Waals surface area contributed by atoms with E-state index in [4.69, 9.17) is 0 Å². The molecule has 118 valence electrons. The number of rotatable bonds is 6. The zero-order valence-electron chi connectivity index (χ0n) is 12.9. The molecular weight excluding hydrogens is 344 g/mol. The Kier molecular flexibility index (Phi) is 5.80. The van der Waals surface area contributed by atoms with E-state index in [9.17, 15) is 9.90 Å². The molecule has 5 heteroatoms. The normalized spacial score (nSPS) is 11.1. The van der Waals surface area contributed by atoms with Crippen molar-refractivity contribution in [3.63, 3.8) is 0 Å². The lowest BCUT2D eigenvalue weighted by Crippen LogP contribution is -2.35. The molecule has 0 aliphatic carbocycles. The third-order valence-corrected chi connectivity index (χ3v) is 3.98. The summed E-state index contributed by atoms with van der Waals surface area (Å²) < 4.78 is 1.00. The van der Waals surface area contributed by atoms with Gasteiger partial charge in [-0.1, -0.05) is 35.0 Å². The summed E-state index contributed by atoms with van der Waals surface area (Å²) in [5.41, 5.74) is 0.843. The summed E-state index contributed by atoms with van der Waals surface area (Å²) in [6.45, 7) is 3.55. The van der Waals surface area contributed by atoms with Gasteiger partial charge in [-0.2, -0.15) is 0 Å². The second-order valence-corrected chi connectivity index (χ2v) is 6.37. The molecule has 2 aromatic carbocycles. The molecule has 0 fully saturated rings. The first kappa shape index (κ1) is 16.8. The summed E-state index contributed by atoms with van der Waals surface area (Å²) in [7, 11) is 1.88. The predicted molar refractivity (Wildman–Crippen MR) is 92.9 cm³/mol. The van der Waals surface area contributed by atoms with E-state index in [0.717, 1.165) is 27.2 Å². The number of halogens is 1. The Hall–Kier alpha value is -1.59. The number of aromatic hydroxyl groups is 1. The molecular formula is C17H21BrN2O2. The van der Waals surface area contributed by atoms with Gasteiger partial charge in [0.15, 0.2) is 0 Å². The third-order valence-electron chi connectivity index (χ3n) is 3.48. The molecule has 2 rings (SSSR count). The first-order valence-corrected chi connectivity index (χ1v) is 8.16. The van der Waals surface area contributed by atoms with Gasteiger partial charge in [0.25, 0.3) is 0 Å². The molecule has 0 unspecified atom stereocenters. The Labute approximate surface area is 139 Å². The van der Waals surface area contributed by atoms with Crippen LogP contribution in [0.1, 0.15) is 18.9 Å². The van der Waals surface area contributed by atoms with Crippen LogP contribution in [0.3, 0.4) is 0 Å². The number of hydrogen-bond acceptors (Lipinski definition) is 3. The summed E-state index contributed by atoms with van der Waals surface area (Å²) in [6, 6.07) is 9.56. The standard InChI is InChI=1S/C17H21BrN2O2/c1-3-8-19-17(22)11-20(2)10-15-14-6-5-13(18)9-12(14)4-7-16(15)21/h4-7,9,21H,3,8,10-11H2,1-2H3,(H,19,22). The molecule has 2 aromatic rings. The van der Waals surface area contributed by atoms with Crippen LogP contribution in [0, 0.1) is 0 Å². The molecule has 0 bridgehead atoms. The van der Waals surface area contributed by atoms with Crippen molar-refractivity contribution in [3.8, 4) is 5.75 Å². The van der Waals surface area contributed by atoms with Gasteiger partial charge < -0.3 is 10.4 Å². The van der Waals surface area contributed by atoms with Gasteiger partial charge >= 0.3 is 0 Å². The number of nitrogens with zero attached hydrogens (tertiary/aromatic N) is 1. The van der Waals surface area contributed by atoms with Crippen LogP contribution >= 0.6 is 15.9 Å². The number of fused-ring (bicyclic) bond motifs is 1. The molecule has 2 N–H and O–H groups in total. The summed E-state index contributed by atoms with van der Waals surface area (Å²) >= 11 is 3.46. The highest BCUT2D eigenvalue weighted by Gasteiger charge is 2.12. The fraction of sp³-hybridized carbons (Fsp3) is 0.353. The number of phenols is 1. The average Bonchev–Trinajstić information content (AvgIpc) is 2.48. The lowest BCUT2D eigenvalue weighted by Gasteiger charge is -2.18. The zero-order valence-corrected chi connectivity index (χ0v) is 14.5. The zero-order chi connectivity index (χ0) is 16.1. The van der Waals surface area contributed by atoms with E-state index in [2.05, 4.69) is 21.2 Å². The van der Waals surface area contributed by atoms with E-state index in [1.807, 2.05) is 43.1 Å². The minimum absolute atomic E-state index is 0.00632. The average molecular weight is 365 g/mol.